The number of nitrogens with zero attached hydrogens (tertiary/aromatic N) is 2. The van der Waals surface area contributed by atoms with E-state index >= 15 is 0 Å². The van der Waals surface area contributed by atoms with Gasteiger partial charge in [-0.15, -0.1) is 0 Å². The number of aliphatic hydroxyl groups excluding tert-OH is 1. The minimum absolute atomic E-state index is 0.193. The van der Waals surface area contributed by atoms with Gasteiger partial charge in [-0.3, -0.25) is 4.90 Å². The Kier molecular flexibility index (Phi) is 4.35. The van der Waals surface area contributed by atoms with Gasteiger partial charge in [-0.1, -0.05) is 6.07 Å². The van der Waals surface area contributed by atoms with E-state index in [1.807, 2.05) is 32.4 Å². The van der Waals surface area contributed by atoms with E-state index in [1.54, 1.807) is 0 Å². The summed E-state index contributed by atoms with van der Waals surface area (Å²) in [5.74, 6) is 0.874. The van der Waals surface area contributed by atoms with Gasteiger partial charge in [0.2, 0.25) is 0 Å². The van der Waals surface area contributed by atoms with E-state index in [2.05, 4.69) is 15.2 Å². The molecule has 1 heterocycles. The maximum Gasteiger partial charge on any atom is 0.125 e. The lowest BCUT2D eigenvalue weighted by Gasteiger charge is -2.14. The molecular weight excluding hydrogens is 178 g/mol. The Balaban J connectivity index is 2.50. The molecule has 2 N–H and O–H groups in total. The second-order valence-electron chi connectivity index (χ2n) is 3.26. The summed E-state index contributed by atoms with van der Waals surface area (Å²) < 4.78 is 0. The van der Waals surface area contributed by atoms with Gasteiger partial charge in [0.05, 0.1) is 6.61 Å². The quantitative estimate of drug-likeness (QED) is 0.720. The first-order valence-corrected chi connectivity index (χ1v) is 4.68. The molecule has 0 atom stereocenters. The summed E-state index contributed by atoms with van der Waals surface area (Å²) in [6.45, 7) is 1.70. The van der Waals surface area contributed by atoms with E-state index < -0.39 is 0 Å². The minimum Gasteiger partial charge on any atom is -0.395 e. The number of aliphatic hydroxyl groups is 1. The number of anilines is 1. The number of likely N-dealkylation sites (N-methyl/N-ethyl adjacent to an activating group) is 1. The molecule has 0 amide bonds. The summed E-state index contributed by atoms with van der Waals surface area (Å²) in [5.41, 5.74) is 1.15. The van der Waals surface area contributed by atoms with Crippen molar-refractivity contribution in [2.75, 3.05) is 32.6 Å². The van der Waals surface area contributed by atoms with Crippen LogP contribution in [0.25, 0.3) is 0 Å². The van der Waals surface area contributed by atoms with Crippen molar-refractivity contribution in [1.82, 2.24) is 9.88 Å². The summed E-state index contributed by atoms with van der Waals surface area (Å²) in [6, 6.07) is 3.98. The fraction of sp³-hybridized carbons (Fsp3) is 0.500. The number of pyridine rings is 1. The lowest BCUT2D eigenvalue weighted by atomic mass is 10.2. The van der Waals surface area contributed by atoms with Crippen molar-refractivity contribution < 1.29 is 5.11 Å². The molecule has 78 valence electrons. The molecule has 1 aromatic heterocycles. The number of hydrogen-bond acceptors (Lipinski definition) is 4. The van der Waals surface area contributed by atoms with Crippen LogP contribution >= 0.6 is 0 Å². The zero-order valence-electron chi connectivity index (χ0n) is 8.70. The molecule has 0 aliphatic heterocycles. The van der Waals surface area contributed by atoms with Gasteiger partial charge in [-0.05, 0) is 18.7 Å². The Morgan fingerprint density at radius 2 is 2.29 bits per heavy atom. The Bertz CT molecular complexity index is 261. The molecule has 0 fully saturated rings. The lowest BCUT2D eigenvalue weighted by Crippen LogP contribution is -2.21. The Morgan fingerprint density at radius 1 is 1.50 bits per heavy atom. The van der Waals surface area contributed by atoms with E-state index in [-0.39, 0.29) is 6.61 Å². The third-order valence-electron chi connectivity index (χ3n) is 2.02. The highest BCUT2D eigenvalue weighted by Crippen LogP contribution is 2.05. The fourth-order valence-electron chi connectivity index (χ4n) is 1.23. The summed E-state index contributed by atoms with van der Waals surface area (Å²) >= 11 is 0. The highest BCUT2D eigenvalue weighted by atomic mass is 16.3. The molecule has 0 aliphatic rings. The number of rotatable bonds is 5. The lowest BCUT2D eigenvalue weighted by molar-refractivity contribution is 0.217. The van der Waals surface area contributed by atoms with Crippen molar-refractivity contribution in [2.45, 2.75) is 6.54 Å². The normalized spacial score (nSPS) is 10.6. The zero-order valence-corrected chi connectivity index (χ0v) is 8.70. The van der Waals surface area contributed by atoms with Gasteiger partial charge < -0.3 is 10.4 Å². The Labute approximate surface area is 84.6 Å². The molecule has 14 heavy (non-hydrogen) atoms. The van der Waals surface area contributed by atoms with Gasteiger partial charge in [0.15, 0.2) is 0 Å². The van der Waals surface area contributed by atoms with Gasteiger partial charge in [-0.2, -0.15) is 0 Å². The molecule has 0 spiro atoms. The van der Waals surface area contributed by atoms with Crippen LogP contribution in [0.15, 0.2) is 18.3 Å². The molecule has 0 radical (unpaired) electrons. The van der Waals surface area contributed by atoms with Gasteiger partial charge >= 0.3 is 0 Å². The SMILES string of the molecule is CNc1ccc(CN(C)CCO)cn1. The van der Waals surface area contributed by atoms with E-state index in [9.17, 15) is 0 Å². The molecule has 4 heteroatoms. The molecule has 0 aromatic carbocycles. The first kappa shape index (κ1) is 10.9. The van der Waals surface area contributed by atoms with Crippen molar-refractivity contribution in [2.24, 2.45) is 0 Å². The Morgan fingerprint density at radius 3 is 2.79 bits per heavy atom. The standard InChI is InChI=1S/C10H17N3O/c1-11-10-4-3-9(7-12-10)8-13(2)5-6-14/h3-4,7,14H,5-6,8H2,1-2H3,(H,11,12). The van der Waals surface area contributed by atoms with Crippen LogP contribution in [0.5, 0.6) is 0 Å². The summed E-state index contributed by atoms with van der Waals surface area (Å²) in [7, 11) is 3.82. The molecule has 0 saturated heterocycles. The van der Waals surface area contributed by atoms with Crippen molar-refractivity contribution in [3.8, 4) is 0 Å². The maximum absolute atomic E-state index is 8.73. The highest BCUT2D eigenvalue weighted by molar-refractivity contribution is 5.34. The van der Waals surface area contributed by atoms with Crippen LogP contribution in [0.4, 0.5) is 5.82 Å². The topological polar surface area (TPSA) is 48.4 Å². The molecular formula is C10H17N3O. The number of nitrogens with one attached hydrogen (secondary N) is 1. The van der Waals surface area contributed by atoms with Crippen molar-refractivity contribution in [1.29, 1.82) is 0 Å². The van der Waals surface area contributed by atoms with Crippen molar-refractivity contribution >= 4 is 5.82 Å². The second kappa shape index (κ2) is 5.57. The average Bonchev–Trinajstić information content (AvgIpc) is 2.19. The largest absolute Gasteiger partial charge is 0.395 e. The fourth-order valence-corrected chi connectivity index (χ4v) is 1.23. The number of hydrogen-bond donors (Lipinski definition) is 2. The van der Waals surface area contributed by atoms with E-state index in [0.717, 1.165) is 17.9 Å². The highest BCUT2D eigenvalue weighted by Gasteiger charge is 1.99. The second-order valence-corrected chi connectivity index (χ2v) is 3.26. The Hall–Kier alpha value is -1.13. The summed E-state index contributed by atoms with van der Waals surface area (Å²) in [6.07, 6.45) is 1.85. The first-order chi connectivity index (χ1) is 6.76. The van der Waals surface area contributed by atoms with E-state index in [4.69, 9.17) is 5.11 Å². The number of aromatic nitrogens is 1. The predicted octanol–water partition coefficient (Wildman–Crippen LogP) is 0.547. The van der Waals surface area contributed by atoms with E-state index in [1.165, 1.54) is 0 Å². The van der Waals surface area contributed by atoms with Gasteiger partial charge in [0.1, 0.15) is 5.82 Å². The molecule has 0 saturated carbocycles. The third-order valence-corrected chi connectivity index (χ3v) is 2.02. The summed E-state index contributed by atoms with van der Waals surface area (Å²) in [4.78, 5) is 6.26. The third kappa shape index (κ3) is 3.32. The minimum atomic E-state index is 0.193. The van der Waals surface area contributed by atoms with Crippen molar-refractivity contribution in [3.63, 3.8) is 0 Å². The summed E-state index contributed by atoms with van der Waals surface area (Å²) in [5, 5.41) is 11.7. The molecule has 1 rings (SSSR count). The molecule has 0 aliphatic carbocycles. The van der Waals surface area contributed by atoms with Gasteiger partial charge in [-0.25, -0.2) is 4.98 Å². The maximum atomic E-state index is 8.73. The predicted molar refractivity (Wildman–Crippen MR) is 57.2 cm³/mol. The van der Waals surface area contributed by atoms with Crippen LogP contribution in [0.3, 0.4) is 0 Å². The smallest absolute Gasteiger partial charge is 0.125 e. The van der Waals surface area contributed by atoms with Crippen molar-refractivity contribution in [3.05, 3.63) is 23.9 Å². The van der Waals surface area contributed by atoms with Gasteiger partial charge in [0, 0.05) is 26.3 Å². The molecule has 1 aromatic rings. The van der Waals surface area contributed by atoms with Crippen LogP contribution in [-0.2, 0) is 6.54 Å². The van der Waals surface area contributed by atoms with Crippen LogP contribution < -0.4 is 5.32 Å². The van der Waals surface area contributed by atoms with Crippen LogP contribution in [-0.4, -0.2) is 42.2 Å². The molecule has 0 bridgehead atoms. The van der Waals surface area contributed by atoms with Crippen LogP contribution in [0, 0.1) is 0 Å². The zero-order chi connectivity index (χ0) is 10.4. The van der Waals surface area contributed by atoms with Crippen LogP contribution in [0.2, 0.25) is 0 Å². The average molecular weight is 195 g/mol. The van der Waals surface area contributed by atoms with Crippen LogP contribution in [0.1, 0.15) is 5.56 Å². The first-order valence-electron chi connectivity index (χ1n) is 4.68. The molecule has 0 unspecified atom stereocenters. The van der Waals surface area contributed by atoms with E-state index in [0.29, 0.717) is 6.54 Å². The molecule has 4 nitrogen and oxygen atoms in total. The monoisotopic (exact) mass is 195 g/mol. The van der Waals surface area contributed by atoms with Gasteiger partial charge in [0.25, 0.3) is 0 Å².